The largest absolute Gasteiger partial charge is 0.391 e. The average Bonchev–Trinajstić information content (AvgIpc) is 3.52. The minimum Gasteiger partial charge on any atom is -0.391 e. The van der Waals surface area contributed by atoms with Gasteiger partial charge in [-0.25, -0.2) is 26.9 Å². The number of allylic oxidation sites excluding steroid dienone is 3. The lowest BCUT2D eigenvalue weighted by Gasteiger charge is -2.31. The lowest BCUT2D eigenvalue weighted by atomic mass is 9.93. The van der Waals surface area contributed by atoms with Crippen molar-refractivity contribution >= 4 is 23.8 Å². The SMILES string of the molecule is O=C(C1=NNC2=NC=NC(N[C@@H]3C[C@@H](C(F)F)C[C@H]3O)C21)N1C[C@@H](F)C[C@@H]1C1=C(F)CC=C(F)C1. The first kappa shape index (κ1) is 24.0. The third-order valence-corrected chi connectivity index (χ3v) is 7.27. The van der Waals surface area contributed by atoms with E-state index in [2.05, 4.69) is 25.8 Å². The van der Waals surface area contributed by atoms with Gasteiger partial charge in [0.15, 0.2) is 0 Å². The van der Waals surface area contributed by atoms with Gasteiger partial charge >= 0.3 is 0 Å². The van der Waals surface area contributed by atoms with Crippen molar-refractivity contribution in [2.75, 3.05) is 6.54 Å². The summed E-state index contributed by atoms with van der Waals surface area (Å²) >= 11 is 0. The first-order chi connectivity index (χ1) is 16.7. The van der Waals surface area contributed by atoms with Crippen LogP contribution in [0, 0.1) is 11.8 Å². The quantitative estimate of drug-likeness (QED) is 0.504. The van der Waals surface area contributed by atoms with Gasteiger partial charge in [0, 0.05) is 31.2 Å². The van der Waals surface area contributed by atoms with Gasteiger partial charge in [0.1, 0.15) is 47.8 Å². The van der Waals surface area contributed by atoms with Gasteiger partial charge in [0.05, 0.1) is 18.7 Å². The van der Waals surface area contributed by atoms with E-state index < -0.39 is 66.3 Å². The number of alkyl halides is 3. The summed E-state index contributed by atoms with van der Waals surface area (Å²) in [7, 11) is 0. The molecular formula is C22H25F5N6O2. The van der Waals surface area contributed by atoms with E-state index in [1.54, 1.807) is 0 Å². The minimum atomic E-state index is -2.56. The van der Waals surface area contributed by atoms with Crippen LogP contribution in [-0.4, -0.2) is 77.3 Å². The van der Waals surface area contributed by atoms with Gasteiger partial charge in [-0.1, -0.05) is 0 Å². The predicted molar refractivity (Wildman–Crippen MR) is 117 cm³/mol. The third-order valence-electron chi connectivity index (χ3n) is 7.27. The summed E-state index contributed by atoms with van der Waals surface area (Å²) in [5, 5.41) is 17.4. The van der Waals surface area contributed by atoms with E-state index in [1.165, 1.54) is 6.34 Å². The molecule has 2 fully saturated rings. The molecule has 1 saturated carbocycles. The van der Waals surface area contributed by atoms with Crippen LogP contribution < -0.4 is 10.7 Å². The van der Waals surface area contributed by atoms with Crippen molar-refractivity contribution in [3.8, 4) is 0 Å². The number of nitrogens with one attached hydrogen (secondary N) is 2. The van der Waals surface area contributed by atoms with E-state index >= 15 is 0 Å². The van der Waals surface area contributed by atoms with Crippen molar-refractivity contribution in [1.29, 1.82) is 0 Å². The van der Waals surface area contributed by atoms with E-state index in [9.17, 15) is 31.9 Å². The molecule has 3 aliphatic heterocycles. The molecule has 13 heteroatoms. The van der Waals surface area contributed by atoms with E-state index in [4.69, 9.17) is 0 Å². The number of halogens is 5. The van der Waals surface area contributed by atoms with Crippen LogP contribution in [0.4, 0.5) is 22.0 Å². The molecule has 0 spiro atoms. The predicted octanol–water partition coefficient (Wildman–Crippen LogP) is 2.13. The van der Waals surface area contributed by atoms with Crippen LogP contribution in [0.3, 0.4) is 0 Å². The molecule has 5 aliphatic rings. The monoisotopic (exact) mass is 500 g/mol. The lowest BCUT2D eigenvalue weighted by molar-refractivity contribution is -0.124. The fraction of sp³-hybridized carbons (Fsp3) is 0.636. The molecule has 0 aromatic rings. The smallest absolute Gasteiger partial charge is 0.271 e. The summed E-state index contributed by atoms with van der Waals surface area (Å²) in [5.41, 5.74) is 2.65. The van der Waals surface area contributed by atoms with Gasteiger partial charge in [0.2, 0.25) is 6.43 Å². The molecule has 1 amide bonds. The van der Waals surface area contributed by atoms with Crippen LogP contribution in [0.15, 0.2) is 38.4 Å². The highest BCUT2D eigenvalue weighted by molar-refractivity contribution is 6.45. The first-order valence-electron chi connectivity index (χ1n) is 11.5. The van der Waals surface area contributed by atoms with Crippen LogP contribution in [0.25, 0.3) is 0 Å². The highest BCUT2D eigenvalue weighted by Gasteiger charge is 2.48. The zero-order valence-corrected chi connectivity index (χ0v) is 18.6. The number of hydrazone groups is 1. The number of aliphatic hydroxyl groups is 1. The molecule has 190 valence electrons. The van der Waals surface area contributed by atoms with Crippen molar-refractivity contribution in [2.24, 2.45) is 26.9 Å². The molecule has 2 aliphatic carbocycles. The van der Waals surface area contributed by atoms with Crippen molar-refractivity contribution in [1.82, 2.24) is 15.6 Å². The Bertz CT molecular complexity index is 1040. The maximum atomic E-state index is 14.5. The number of fused-ring (bicyclic) bond motifs is 1. The van der Waals surface area contributed by atoms with Crippen molar-refractivity contribution in [3.05, 3.63) is 23.3 Å². The molecule has 0 aromatic carbocycles. The van der Waals surface area contributed by atoms with E-state index in [0.29, 0.717) is 0 Å². The Hall–Kier alpha value is -2.67. The van der Waals surface area contributed by atoms with Gasteiger partial charge < -0.3 is 10.0 Å². The summed E-state index contributed by atoms with van der Waals surface area (Å²) in [5.74, 6) is -3.31. The number of aliphatic imine (C=N–C) groups is 2. The average molecular weight is 500 g/mol. The van der Waals surface area contributed by atoms with Crippen molar-refractivity contribution in [2.45, 2.75) is 69.1 Å². The zero-order chi connectivity index (χ0) is 24.9. The number of hydrogen-bond acceptors (Lipinski definition) is 7. The summed E-state index contributed by atoms with van der Waals surface area (Å²) in [6.07, 6.45) is -4.25. The standard InChI is InChI=1S/C22H25F5N6O2/c23-10-1-2-13(25)12(5-10)15-6-11(24)7-33(15)22(35)18-17-20(28-8-29-21(17)32-31-18)30-14-3-9(19(26)27)4-16(14)34/h1,8-9,11,14-17,19-20,30,34H,2-7H2,(H,28,29,32)/t9-,11+,14-,15-,16-,17?,20?/m1/s1. The number of amidine groups is 1. The Morgan fingerprint density at radius 3 is 2.80 bits per heavy atom. The second-order valence-corrected chi connectivity index (χ2v) is 9.49. The first-order valence-corrected chi connectivity index (χ1v) is 11.5. The number of rotatable bonds is 5. The van der Waals surface area contributed by atoms with Crippen LogP contribution in [-0.2, 0) is 4.79 Å². The topological polar surface area (TPSA) is 102 Å². The molecule has 1 saturated heterocycles. The van der Waals surface area contributed by atoms with Gasteiger partial charge in [-0.05, 0) is 24.5 Å². The van der Waals surface area contributed by atoms with E-state index in [-0.39, 0.29) is 55.8 Å². The van der Waals surface area contributed by atoms with Crippen LogP contribution in [0.2, 0.25) is 0 Å². The Morgan fingerprint density at radius 1 is 1.26 bits per heavy atom. The van der Waals surface area contributed by atoms with Gasteiger partial charge in [-0.2, -0.15) is 5.10 Å². The van der Waals surface area contributed by atoms with Crippen LogP contribution in [0.5, 0.6) is 0 Å². The van der Waals surface area contributed by atoms with Crippen LogP contribution in [0.1, 0.15) is 32.1 Å². The number of likely N-dealkylation sites (tertiary alicyclic amines) is 1. The number of aliphatic hydroxyl groups excluding tert-OH is 1. The van der Waals surface area contributed by atoms with Gasteiger partial charge in [-0.3, -0.25) is 20.5 Å². The number of carbonyl (C=O) groups is 1. The molecule has 0 aromatic heterocycles. The molecule has 7 atom stereocenters. The summed E-state index contributed by atoms with van der Waals surface area (Å²) in [6.45, 7) is -0.303. The van der Waals surface area contributed by atoms with Crippen molar-refractivity contribution < 1.29 is 31.9 Å². The maximum Gasteiger partial charge on any atom is 0.271 e. The highest BCUT2D eigenvalue weighted by Crippen LogP contribution is 2.37. The molecule has 3 N–H and O–H groups in total. The fourth-order valence-electron chi connectivity index (χ4n) is 5.49. The molecule has 2 unspecified atom stereocenters. The summed E-state index contributed by atoms with van der Waals surface area (Å²) < 4.78 is 69.1. The molecule has 5 rings (SSSR count). The zero-order valence-electron chi connectivity index (χ0n) is 18.6. The summed E-state index contributed by atoms with van der Waals surface area (Å²) in [4.78, 5) is 23.0. The molecule has 8 nitrogen and oxygen atoms in total. The second-order valence-electron chi connectivity index (χ2n) is 9.49. The Kier molecular flexibility index (Phi) is 6.47. The molecule has 35 heavy (non-hydrogen) atoms. The van der Waals surface area contributed by atoms with Gasteiger partial charge in [0.25, 0.3) is 5.91 Å². The Morgan fingerprint density at radius 2 is 2.06 bits per heavy atom. The number of hydrogen-bond donors (Lipinski definition) is 3. The number of carbonyl (C=O) groups excluding carboxylic acids is 1. The Balaban J connectivity index is 1.35. The minimum absolute atomic E-state index is 0.0299. The lowest BCUT2D eigenvalue weighted by Crippen LogP contribution is -2.53. The second kappa shape index (κ2) is 9.41. The molecular weight excluding hydrogens is 475 g/mol. The molecule has 0 radical (unpaired) electrons. The van der Waals surface area contributed by atoms with E-state index in [0.717, 1.165) is 11.0 Å². The summed E-state index contributed by atoms with van der Waals surface area (Å²) in [6, 6.07) is -1.64. The van der Waals surface area contributed by atoms with Gasteiger partial charge in [-0.15, -0.1) is 0 Å². The maximum absolute atomic E-state index is 14.5. The number of amides is 1. The Labute approximate surface area is 197 Å². The fourth-order valence-corrected chi connectivity index (χ4v) is 5.49. The normalized spacial score (nSPS) is 36.8. The van der Waals surface area contributed by atoms with Crippen molar-refractivity contribution in [3.63, 3.8) is 0 Å². The highest BCUT2D eigenvalue weighted by atomic mass is 19.3. The molecule has 0 bridgehead atoms. The third kappa shape index (κ3) is 4.51. The molecule has 3 heterocycles. The number of nitrogens with zero attached hydrogens (tertiary/aromatic N) is 4. The van der Waals surface area contributed by atoms with E-state index in [1.807, 2.05) is 0 Å². The van der Waals surface area contributed by atoms with Crippen LogP contribution >= 0.6 is 0 Å².